The molecule has 2 N–H and O–H groups in total. The molecular weight excluding hydrogens is 288 g/mol. The van der Waals surface area contributed by atoms with E-state index in [1.807, 2.05) is 12.1 Å². The lowest BCUT2D eigenvalue weighted by Gasteiger charge is -2.28. The van der Waals surface area contributed by atoms with Crippen molar-refractivity contribution < 1.29 is 9.90 Å². The van der Waals surface area contributed by atoms with Crippen molar-refractivity contribution in [2.75, 3.05) is 26.2 Å². The second kappa shape index (κ2) is 8.37. The van der Waals surface area contributed by atoms with Gasteiger partial charge in [-0.3, -0.25) is 4.79 Å². The summed E-state index contributed by atoms with van der Waals surface area (Å²) in [6, 6.07) is 7.31. The molecule has 1 unspecified atom stereocenters. The van der Waals surface area contributed by atoms with E-state index in [-0.39, 0.29) is 0 Å². The number of carboxylic acid groups (broad SMARTS) is 1. The van der Waals surface area contributed by atoms with E-state index in [1.165, 1.54) is 0 Å². The van der Waals surface area contributed by atoms with Gasteiger partial charge in [0.1, 0.15) is 5.54 Å². The second-order valence-corrected chi connectivity index (χ2v) is 5.83. The van der Waals surface area contributed by atoms with Gasteiger partial charge in [0.2, 0.25) is 0 Å². The lowest BCUT2D eigenvalue weighted by atomic mass is 9.93. The fourth-order valence-corrected chi connectivity index (χ4v) is 2.38. The normalized spacial score (nSPS) is 14.1. The average Bonchev–Trinajstić information content (AvgIpc) is 2.46. The first-order valence-electron chi connectivity index (χ1n) is 7.36. The number of aliphatic carboxylic acids is 1. The Morgan fingerprint density at radius 1 is 1.29 bits per heavy atom. The SMILES string of the molecule is CCN(CC)CCNC(C)(Cc1ccc(Cl)cc1)C(=O)O. The molecule has 0 aliphatic rings. The highest BCUT2D eigenvalue weighted by Gasteiger charge is 2.32. The van der Waals surface area contributed by atoms with E-state index in [0.29, 0.717) is 18.0 Å². The van der Waals surface area contributed by atoms with Crippen LogP contribution in [0.15, 0.2) is 24.3 Å². The molecule has 21 heavy (non-hydrogen) atoms. The molecule has 0 bridgehead atoms. The maximum absolute atomic E-state index is 11.6. The summed E-state index contributed by atoms with van der Waals surface area (Å²) >= 11 is 5.86. The topological polar surface area (TPSA) is 52.6 Å². The highest BCUT2D eigenvalue weighted by atomic mass is 35.5. The van der Waals surface area contributed by atoms with Crippen LogP contribution in [0.25, 0.3) is 0 Å². The van der Waals surface area contributed by atoms with Crippen LogP contribution >= 0.6 is 11.6 Å². The summed E-state index contributed by atoms with van der Waals surface area (Å²) in [5.74, 6) is -0.836. The molecule has 0 amide bonds. The van der Waals surface area contributed by atoms with Gasteiger partial charge in [0.15, 0.2) is 0 Å². The lowest BCUT2D eigenvalue weighted by Crippen LogP contribution is -2.53. The lowest BCUT2D eigenvalue weighted by molar-refractivity contribution is -0.144. The van der Waals surface area contributed by atoms with Gasteiger partial charge in [-0.15, -0.1) is 0 Å². The van der Waals surface area contributed by atoms with E-state index in [1.54, 1.807) is 19.1 Å². The average molecular weight is 313 g/mol. The Balaban J connectivity index is 2.65. The Bertz CT molecular complexity index is 446. The highest BCUT2D eigenvalue weighted by Crippen LogP contribution is 2.16. The predicted molar refractivity (Wildman–Crippen MR) is 87.0 cm³/mol. The van der Waals surface area contributed by atoms with Gasteiger partial charge in [0.25, 0.3) is 0 Å². The Morgan fingerprint density at radius 2 is 1.86 bits per heavy atom. The fourth-order valence-electron chi connectivity index (χ4n) is 2.25. The van der Waals surface area contributed by atoms with Crippen LogP contribution in [0.3, 0.4) is 0 Å². The van der Waals surface area contributed by atoms with Gasteiger partial charge in [0.05, 0.1) is 0 Å². The minimum atomic E-state index is -0.971. The fraction of sp³-hybridized carbons (Fsp3) is 0.562. The Morgan fingerprint density at radius 3 is 2.33 bits per heavy atom. The van der Waals surface area contributed by atoms with E-state index >= 15 is 0 Å². The van der Waals surface area contributed by atoms with Crippen molar-refractivity contribution >= 4 is 17.6 Å². The van der Waals surface area contributed by atoms with E-state index in [2.05, 4.69) is 24.1 Å². The summed E-state index contributed by atoms with van der Waals surface area (Å²) < 4.78 is 0. The van der Waals surface area contributed by atoms with E-state index in [9.17, 15) is 9.90 Å². The molecule has 0 radical (unpaired) electrons. The van der Waals surface area contributed by atoms with E-state index in [4.69, 9.17) is 11.6 Å². The molecule has 1 aromatic rings. The zero-order chi connectivity index (χ0) is 15.9. The van der Waals surface area contributed by atoms with Crippen LogP contribution in [0.2, 0.25) is 5.02 Å². The summed E-state index contributed by atoms with van der Waals surface area (Å²) in [5.41, 5.74) is -0.0132. The summed E-state index contributed by atoms with van der Waals surface area (Å²) in [5, 5.41) is 13.4. The predicted octanol–water partition coefficient (Wildman–Crippen LogP) is 2.66. The number of hydrogen-bond donors (Lipinski definition) is 2. The number of carbonyl (C=O) groups is 1. The summed E-state index contributed by atoms with van der Waals surface area (Å²) in [6.07, 6.45) is 0.428. The highest BCUT2D eigenvalue weighted by molar-refractivity contribution is 6.30. The smallest absolute Gasteiger partial charge is 0.323 e. The van der Waals surface area contributed by atoms with Crippen molar-refractivity contribution in [1.82, 2.24) is 10.2 Å². The van der Waals surface area contributed by atoms with Crippen molar-refractivity contribution in [3.8, 4) is 0 Å². The van der Waals surface area contributed by atoms with Gasteiger partial charge in [-0.25, -0.2) is 0 Å². The van der Waals surface area contributed by atoms with Crippen LogP contribution in [0.5, 0.6) is 0 Å². The standard InChI is InChI=1S/C16H25ClN2O2/c1-4-19(5-2)11-10-18-16(3,15(20)21)12-13-6-8-14(17)9-7-13/h6-9,18H,4-5,10-12H2,1-3H3,(H,20,21). The molecule has 0 saturated carbocycles. The van der Waals surface area contributed by atoms with Crippen molar-refractivity contribution in [2.24, 2.45) is 0 Å². The molecule has 1 aromatic carbocycles. The minimum absolute atomic E-state index is 0.428. The summed E-state index contributed by atoms with van der Waals surface area (Å²) in [6.45, 7) is 9.38. The third-order valence-corrected chi connectivity index (χ3v) is 4.03. The van der Waals surface area contributed by atoms with Gasteiger partial charge >= 0.3 is 5.97 Å². The molecular formula is C16H25ClN2O2. The van der Waals surface area contributed by atoms with Crippen LogP contribution in [0.4, 0.5) is 0 Å². The zero-order valence-electron chi connectivity index (χ0n) is 13.0. The molecule has 0 heterocycles. The monoisotopic (exact) mass is 312 g/mol. The maximum atomic E-state index is 11.6. The number of rotatable bonds is 9. The molecule has 0 aliphatic heterocycles. The van der Waals surface area contributed by atoms with Gasteiger partial charge in [-0.05, 0) is 37.7 Å². The van der Waals surface area contributed by atoms with Crippen molar-refractivity contribution in [3.05, 3.63) is 34.9 Å². The number of halogens is 1. The number of nitrogens with zero attached hydrogens (tertiary/aromatic N) is 1. The van der Waals surface area contributed by atoms with Gasteiger partial charge in [0, 0.05) is 24.5 Å². The van der Waals surface area contributed by atoms with E-state index in [0.717, 1.165) is 25.2 Å². The van der Waals surface area contributed by atoms with Crippen LogP contribution < -0.4 is 5.32 Å². The van der Waals surface area contributed by atoms with Crippen molar-refractivity contribution in [3.63, 3.8) is 0 Å². The van der Waals surface area contributed by atoms with Gasteiger partial charge in [-0.1, -0.05) is 37.6 Å². The Kier molecular flexibility index (Phi) is 7.15. The van der Waals surface area contributed by atoms with E-state index < -0.39 is 11.5 Å². The number of hydrogen-bond acceptors (Lipinski definition) is 3. The molecule has 0 fully saturated rings. The molecule has 118 valence electrons. The molecule has 0 aliphatic carbocycles. The largest absolute Gasteiger partial charge is 0.480 e. The molecule has 4 nitrogen and oxygen atoms in total. The van der Waals surface area contributed by atoms with Crippen LogP contribution in [-0.2, 0) is 11.2 Å². The molecule has 0 saturated heterocycles. The molecule has 0 aromatic heterocycles. The first-order chi connectivity index (χ1) is 9.91. The maximum Gasteiger partial charge on any atom is 0.323 e. The van der Waals surface area contributed by atoms with Crippen LogP contribution in [0, 0.1) is 0 Å². The van der Waals surface area contributed by atoms with Crippen LogP contribution in [-0.4, -0.2) is 47.7 Å². The number of carboxylic acids is 1. The first-order valence-corrected chi connectivity index (χ1v) is 7.74. The molecule has 0 spiro atoms. The molecule has 5 heteroatoms. The van der Waals surface area contributed by atoms with Gasteiger partial charge in [-0.2, -0.15) is 0 Å². The number of benzene rings is 1. The quantitative estimate of drug-likeness (QED) is 0.736. The first kappa shape index (κ1) is 18.0. The number of nitrogens with one attached hydrogen (secondary N) is 1. The third kappa shape index (κ3) is 5.65. The Hall–Kier alpha value is -1.10. The summed E-state index contributed by atoms with van der Waals surface area (Å²) in [4.78, 5) is 13.9. The zero-order valence-corrected chi connectivity index (χ0v) is 13.8. The van der Waals surface area contributed by atoms with Crippen molar-refractivity contribution in [1.29, 1.82) is 0 Å². The Labute approximate surface area is 132 Å². The van der Waals surface area contributed by atoms with Crippen LogP contribution in [0.1, 0.15) is 26.3 Å². The molecule has 1 rings (SSSR count). The summed E-state index contributed by atoms with van der Waals surface area (Å²) in [7, 11) is 0. The van der Waals surface area contributed by atoms with Crippen molar-refractivity contribution in [2.45, 2.75) is 32.7 Å². The molecule has 1 atom stereocenters. The third-order valence-electron chi connectivity index (χ3n) is 3.78. The van der Waals surface area contributed by atoms with Gasteiger partial charge < -0.3 is 15.3 Å². The minimum Gasteiger partial charge on any atom is -0.480 e. The number of likely N-dealkylation sites (N-methyl/N-ethyl adjacent to an activating group) is 1. The second-order valence-electron chi connectivity index (χ2n) is 5.39.